The summed E-state index contributed by atoms with van der Waals surface area (Å²) in [6.07, 6.45) is -5.45. The molecular formula is C28H20F6N4O3. The summed E-state index contributed by atoms with van der Waals surface area (Å²) in [6, 6.07) is 8.35. The van der Waals surface area contributed by atoms with Crippen LogP contribution in [0.3, 0.4) is 0 Å². The summed E-state index contributed by atoms with van der Waals surface area (Å²) in [5, 5.41) is 20.8. The molecule has 0 saturated carbocycles. The van der Waals surface area contributed by atoms with Crippen molar-refractivity contribution in [3.8, 4) is 5.75 Å². The second-order valence-electron chi connectivity index (χ2n) is 9.81. The Morgan fingerprint density at radius 3 is 2.51 bits per heavy atom. The highest BCUT2D eigenvalue weighted by Crippen LogP contribution is 2.46. The van der Waals surface area contributed by atoms with E-state index in [9.17, 15) is 37.0 Å². The Bertz CT molecular complexity index is 1750. The average Bonchev–Trinajstić information content (AvgIpc) is 3.26. The van der Waals surface area contributed by atoms with E-state index in [4.69, 9.17) is 0 Å². The number of nitrogens with zero attached hydrogens (tertiary/aromatic N) is 4. The molecule has 2 aliphatic heterocycles. The fourth-order valence-electron chi connectivity index (χ4n) is 5.54. The second-order valence-corrected chi connectivity index (χ2v) is 9.81. The average molecular weight is 574 g/mol. The van der Waals surface area contributed by atoms with Crippen molar-refractivity contribution in [1.29, 1.82) is 0 Å². The van der Waals surface area contributed by atoms with Crippen molar-refractivity contribution in [2.24, 2.45) is 4.99 Å². The summed E-state index contributed by atoms with van der Waals surface area (Å²) in [6.45, 7) is 0.247. The third-order valence-electron chi connectivity index (χ3n) is 7.27. The number of carboxylic acid groups (broad SMARTS) is 1. The van der Waals surface area contributed by atoms with Gasteiger partial charge in [-0.05, 0) is 36.4 Å². The van der Waals surface area contributed by atoms with Crippen molar-refractivity contribution in [1.82, 2.24) is 9.47 Å². The second kappa shape index (κ2) is 9.46. The molecule has 3 aromatic carbocycles. The Balaban J connectivity index is 1.54. The van der Waals surface area contributed by atoms with Gasteiger partial charge in [0.1, 0.15) is 28.9 Å². The zero-order valence-corrected chi connectivity index (χ0v) is 21.0. The van der Waals surface area contributed by atoms with Crippen LogP contribution in [-0.2, 0) is 24.1 Å². The number of benzene rings is 3. The van der Waals surface area contributed by atoms with Gasteiger partial charge in [-0.2, -0.15) is 13.2 Å². The number of carboxylic acids is 1. The van der Waals surface area contributed by atoms with E-state index in [0.717, 1.165) is 18.2 Å². The van der Waals surface area contributed by atoms with Crippen LogP contribution in [0, 0.1) is 17.5 Å². The Kier molecular flexibility index (Phi) is 6.12. The number of halogens is 6. The van der Waals surface area contributed by atoms with E-state index in [0.29, 0.717) is 23.2 Å². The number of aliphatic imine (C=N–C) groups is 1. The van der Waals surface area contributed by atoms with E-state index in [2.05, 4.69) is 4.99 Å². The van der Waals surface area contributed by atoms with Crippen molar-refractivity contribution in [3.63, 3.8) is 0 Å². The van der Waals surface area contributed by atoms with Crippen LogP contribution < -0.4 is 4.90 Å². The molecular weight excluding hydrogens is 554 g/mol. The maximum Gasteiger partial charge on any atom is 0.416 e. The monoisotopic (exact) mass is 574 g/mol. The molecule has 0 fully saturated rings. The molecule has 6 rings (SSSR count). The first kappa shape index (κ1) is 26.5. The van der Waals surface area contributed by atoms with Crippen LogP contribution in [0.2, 0.25) is 0 Å². The molecule has 0 saturated heterocycles. The number of carbonyl (C=O) groups is 1. The van der Waals surface area contributed by atoms with Gasteiger partial charge < -0.3 is 24.6 Å². The maximum absolute atomic E-state index is 15.0. The van der Waals surface area contributed by atoms with Gasteiger partial charge in [0.2, 0.25) is 5.96 Å². The number of fused-ring (bicyclic) bond motifs is 4. The molecule has 1 aromatic heterocycles. The van der Waals surface area contributed by atoms with Crippen LogP contribution in [0.1, 0.15) is 29.3 Å². The van der Waals surface area contributed by atoms with Crippen LogP contribution in [0.25, 0.3) is 10.9 Å². The van der Waals surface area contributed by atoms with Crippen molar-refractivity contribution in [2.45, 2.75) is 31.7 Å². The normalized spacial score (nSPS) is 16.9. The molecule has 212 valence electrons. The van der Waals surface area contributed by atoms with Crippen molar-refractivity contribution in [3.05, 3.63) is 88.9 Å². The molecule has 2 N–H and O–H groups in total. The third-order valence-corrected chi connectivity index (χ3v) is 7.27. The van der Waals surface area contributed by atoms with Gasteiger partial charge in [-0.1, -0.05) is 12.1 Å². The summed E-state index contributed by atoms with van der Waals surface area (Å²) < 4.78 is 86.3. The van der Waals surface area contributed by atoms with E-state index in [-0.39, 0.29) is 48.0 Å². The molecule has 3 heterocycles. The SMILES string of the molecule is O=C(O)CC1c2cccc(F)c2N=C(N2CCn3c(cc4cc(F)cc(F)c43)C2)N1c1cc(C(F)(F)F)ccc1O. The Labute approximate surface area is 228 Å². The fourth-order valence-corrected chi connectivity index (χ4v) is 5.54. The summed E-state index contributed by atoms with van der Waals surface area (Å²) in [5.41, 5.74) is -0.855. The number of hydrogen-bond donors (Lipinski definition) is 2. The van der Waals surface area contributed by atoms with E-state index in [1.54, 1.807) is 15.5 Å². The van der Waals surface area contributed by atoms with Gasteiger partial charge in [0.15, 0.2) is 0 Å². The lowest BCUT2D eigenvalue weighted by molar-refractivity contribution is -0.138. The largest absolute Gasteiger partial charge is 0.506 e. The zero-order valence-electron chi connectivity index (χ0n) is 21.0. The Hall–Kier alpha value is -4.68. The molecule has 7 nitrogen and oxygen atoms in total. The fraction of sp³-hybridized carbons (Fsp3) is 0.214. The number of hydrogen-bond acceptors (Lipinski definition) is 5. The van der Waals surface area contributed by atoms with Crippen LogP contribution in [-0.4, -0.2) is 38.2 Å². The number of guanidine groups is 1. The maximum atomic E-state index is 15.0. The van der Waals surface area contributed by atoms with Gasteiger partial charge in [0, 0.05) is 35.8 Å². The molecule has 0 spiro atoms. The van der Waals surface area contributed by atoms with Gasteiger partial charge >= 0.3 is 12.1 Å². The highest BCUT2D eigenvalue weighted by atomic mass is 19.4. The van der Waals surface area contributed by atoms with Gasteiger partial charge in [0.25, 0.3) is 0 Å². The Morgan fingerprint density at radius 1 is 1.00 bits per heavy atom. The van der Waals surface area contributed by atoms with Crippen LogP contribution in [0.5, 0.6) is 5.75 Å². The van der Waals surface area contributed by atoms with E-state index in [1.807, 2.05) is 0 Å². The number of aromatic hydroxyl groups is 1. The topological polar surface area (TPSA) is 81.3 Å². The lowest BCUT2D eigenvalue weighted by Crippen LogP contribution is -2.50. The van der Waals surface area contributed by atoms with Crippen LogP contribution >= 0.6 is 0 Å². The van der Waals surface area contributed by atoms with Crippen LogP contribution in [0.4, 0.5) is 37.7 Å². The van der Waals surface area contributed by atoms with Gasteiger partial charge in [-0.3, -0.25) is 4.79 Å². The van der Waals surface area contributed by atoms with Gasteiger partial charge in [0.05, 0.1) is 35.8 Å². The Morgan fingerprint density at radius 2 is 1.78 bits per heavy atom. The van der Waals surface area contributed by atoms with E-state index >= 15 is 4.39 Å². The summed E-state index contributed by atoms with van der Waals surface area (Å²) >= 11 is 0. The minimum Gasteiger partial charge on any atom is -0.506 e. The smallest absolute Gasteiger partial charge is 0.416 e. The van der Waals surface area contributed by atoms with Crippen molar-refractivity contribution in [2.75, 3.05) is 11.4 Å². The molecule has 13 heteroatoms. The lowest BCUT2D eigenvalue weighted by atomic mass is 9.96. The number of phenols is 1. The summed E-state index contributed by atoms with van der Waals surface area (Å²) in [5.74, 6) is -4.30. The zero-order chi connectivity index (χ0) is 29.2. The first-order chi connectivity index (χ1) is 19.4. The van der Waals surface area contributed by atoms with Crippen LogP contribution in [0.15, 0.2) is 59.6 Å². The standard InChI is InChI=1S/C28H20F6N4O3/c29-16-8-14-9-17-13-36(6-7-37(17)26(14)20(31)11-16)27-35-25-18(2-1-3-19(25)30)21(12-24(40)41)38(27)22-10-15(28(32,33)34)4-5-23(22)39/h1-5,8-11,21,39H,6-7,12-13H2,(H,40,41). The molecule has 1 atom stereocenters. The van der Waals surface area contributed by atoms with E-state index in [1.165, 1.54) is 23.1 Å². The first-order valence-corrected chi connectivity index (χ1v) is 12.4. The third kappa shape index (κ3) is 4.50. The predicted octanol–water partition coefficient (Wildman–Crippen LogP) is 6.32. The quantitative estimate of drug-likeness (QED) is 0.280. The van der Waals surface area contributed by atoms with Gasteiger partial charge in [-0.15, -0.1) is 0 Å². The molecule has 41 heavy (non-hydrogen) atoms. The predicted molar refractivity (Wildman–Crippen MR) is 136 cm³/mol. The molecule has 4 aromatic rings. The molecule has 0 amide bonds. The number of phenolic OH excluding ortho intramolecular Hbond substituents is 1. The number of para-hydroxylation sites is 1. The number of aromatic nitrogens is 1. The first-order valence-electron chi connectivity index (χ1n) is 12.4. The highest BCUT2D eigenvalue weighted by Gasteiger charge is 2.40. The summed E-state index contributed by atoms with van der Waals surface area (Å²) in [4.78, 5) is 19.2. The van der Waals surface area contributed by atoms with Gasteiger partial charge in [-0.25, -0.2) is 18.2 Å². The van der Waals surface area contributed by atoms with Crippen molar-refractivity contribution < 1.29 is 41.4 Å². The molecule has 0 radical (unpaired) electrons. The molecule has 0 aliphatic carbocycles. The number of rotatable bonds is 3. The minimum absolute atomic E-state index is 0.00558. The highest BCUT2D eigenvalue weighted by molar-refractivity contribution is 6.02. The molecule has 1 unspecified atom stereocenters. The molecule has 2 aliphatic rings. The minimum atomic E-state index is -4.78. The van der Waals surface area contributed by atoms with E-state index < -0.39 is 53.4 Å². The molecule has 0 bridgehead atoms. The number of alkyl halides is 3. The van der Waals surface area contributed by atoms with Crippen molar-refractivity contribution >= 4 is 34.2 Å². The summed E-state index contributed by atoms with van der Waals surface area (Å²) in [7, 11) is 0. The lowest BCUT2D eigenvalue weighted by Gasteiger charge is -2.43. The number of aliphatic carboxylic acids is 1. The number of anilines is 1.